The number of aromatic hydroxyl groups is 1. The minimum Gasteiger partial charge on any atom is -0.492 e. The van der Waals surface area contributed by atoms with Gasteiger partial charge in [0.25, 0.3) is 11.5 Å². The Morgan fingerprint density at radius 3 is 2.57 bits per heavy atom. The summed E-state index contributed by atoms with van der Waals surface area (Å²) in [7, 11) is 1.71. The van der Waals surface area contributed by atoms with Crippen LogP contribution in [0.3, 0.4) is 0 Å². The molecule has 0 spiro atoms. The summed E-state index contributed by atoms with van der Waals surface area (Å²) in [5, 5.41) is 17.6. The van der Waals surface area contributed by atoms with Crippen molar-refractivity contribution >= 4 is 23.5 Å². The van der Waals surface area contributed by atoms with Crippen LogP contribution in [0.2, 0.25) is 0 Å². The van der Waals surface area contributed by atoms with Gasteiger partial charge in [0, 0.05) is 37.3 Å². The first-order valence-electron chi connectivity index (χ1n) is 10.2. The molecule has 1 saturated carbocycles. The minimum atomic E-state index is -0.597. The predicted molar refractivity (Wildman–Crippen MR) is 113 cm³/mol. The van der Waals surface area contributed by atoms with Crippen LogP contribution in [-0.4, -0.2) is 55.1 Å². The molecule has 0 aromatic carbocycles. The van der Waals surface area contributed by atoms with Crippen molar-refractivity contribution in [2.75, 3.05) is 7.05 Å². The zero-order valence-corrected chi connectivity index (χ0v) is 18.0. The molecule has 30 heavy (non-hydrogen) atoms. The zero-order chi connectivity index (χ0) is 22.2. The van der Waals surface area contributed by atoms with E-state index < -0.39 is 17.3 Å². The molecule has 0 saturated heterocycles. The number of hydrogen-bond acceptors (Lipinski definition) is 5. The average molecular weight is 415 g/mol. The molecular weight excluding hydrogens is 386 g/mol. The fourth-order valence-electron chi connectivity index (χ4n) is 3.08. The van der Waals surface area contributed by atoms with Gasteiger partial charge in [-0.2, -0.15) is 9.61 Å². The van der Waals surface area contributed by atoms with Crippen molar-refractivity contribution in [2.24, 2.45) is 5.92 Å². The first kappa shape index (κ1) is 21.6. The van der Waals surface area contributed by atoms with E-state index in [0.717, 1.165) is 12.8 Å². The number of nitrogens with zero attached hydrogens (tertiary/aromatic N) is 4. The monoisotopic (exact) mass is 415 g/mol. The SMILES string of the molecule is CC(C)Cn1c(=O)c(C(=O)NC2CC2)c(O)n2ncc(/C=C/C(=O)N(C)C(C)C)c12. The van der Waals surface area contributed by atoms with Gasteiger partial charge in [0.1, 0.15) is 5.65 Å². The Bertz CT molecular complexity index is 1060. The second-order valence-electron chi connectivity index (χ2n) is 8.47. The summed E-state index contributed by atoms with van der Waals surface area (Å²) in [4.78, 5) is 39.6. The van der Waals surface area contributed by atoms with Crippen molar-refractivity contribution in [3.05, 3.63) is 33.8 Å². The van der Waals surface area contributed by atoms with Gasteiger partial charge in [-0.3, -0.25) is 19.0 Å². The highest BCUT2D eigenvalue weighted by atomic mass is 16.3. The molecule has 0 atom stereocenters. The number of aromatic nitrogens is 3. The fraction of sp³-hybridized carbons (Fsp3) is 0.524. The molecule has 1 fully saturated rings. The number of carbonyl (C=O) groups excluding carboxylic acids is 2. The largest absolute Gasteiger partial charge is 0.492 e. The summed E-state index contributed by atoms with van der Waals surface area (Å²) in [5.41, 5.74) is -0.0509. The van der Waals surface area contributed by atoms with Gasteiger partial charge in [-0.1, -0.05) is 13.8 Å². The van der Waals surface area contributed by atoms with Crippen molar-refractivity contribution in [1.29, 1.82) is 0 Å². The maximum absolute atomic E-state index is 13.2. The molecule has 9 nitrogen and oxygen atoms in total. The third-order valence-corrected chi connectivity index (χ3v) is 5.13. The van der Waals surface area contributed by atoms with Crippen LogP contribution in [0.25, 0.3) is 11.7 Å². The van der Waals surface area contributed by atoms with Gasteiger partial charge in [-0.15, -0.1) is 0 Å². The van der Waals surface area contributed by atoms with Crippen LogP contribution in [0, 0.1) is 5.92 Å². The second kappa shape index (κ2) is 8.33. The standard InChI is InChI=1S/C21H29N5O4/c1-12(2)11-25-19-14(6-9-16(27)24(5)13(3)4)10-22-26(19)21(30)17(20(25)29)18(28)23-15-7-8-15/h6,9-10,12-13,15,30H,7-8,11H2,1-5H3,(H,23,28)/b9-6+. The van der Waals surface area contributed by atoms with Gasteiger partial charge >= 0.3 is 0 Å². The van der Waals surface area contributed by atoms with E-state index in [2.05, 4.69) is 10.4 Å². The molecule has 0 bridgehead atoms. The topological polar surface area (TPSA) is 109 Å². The molecule has 2 aromatic rings. The van der Waals surface area contributed by atoms with E-state index in [4.69, 9.17) is 0 Å². The van der Waals surface area contributed by atoms with Crippen LogP contribution >= 0.6 is 0 Å². The molecule has 0 radical (unpaired) electrons. The summed E-state index contributed by atoms with van der Waals surface area (Å²) >= 11 is 0. The third-order valence-electron chi connectivity index (χ3n) is 5.13. The van der Waals surface area contributed by atoms with Crippen LogP contribution < -0.4 is 10.9 Å². The summed E-state index contributed by atoms with van der Waals surface area (Å²) in [6.07, 6.45) is 6.18. The highest BCUT2D eigenvalue weighted by molar-refractivity contribution is 5.97. The van der Waals surface area contributed by atoms with E-state index in [0.29, 0.717) is 17.8 Å². The van der Waals surface area contributed by atoms with E-state index in [1.807, 2.05) is 27.7 Å². The predicted octanol–water partition coefficient (Wildman–Crippen LogP) is 1.63. The lowest BCUT2D eigenvalue weighted by atomic mass is 10.2. The number of carbonyl (C=O) groups is 2. The van der Waals surface area contributed by atoms with Crippen LogP contribution in [0.15, 0.2) is 17.1 Å². The Morgan fingerprint density at radius 2 is 2.00 bits per heavy atom. The molecule has 2 amide bonds. The van der Waals surface area contributed by atoms with Crippen molar-refractivity contribution in [2.45, 2.75) is 59.2 Å². The number of amides is 2. The zero-order valence-electron chi connectivity index (χ0n) is 18.0. The summed E-state index contributed by atoms with van der Waals surface area (Å²) in [6.45, 7) is 8.05. The van der Waals surface area contributed by atoms with Gasteiger partial charge in [0.2, 0.25) is 11.8 Å². The second-order valence-corrected chi connectivity index (χ2v) is 8.47. The molecule has 2 aromatic heterocycles. The first-order chi connectivity index (χ1) is 14.1. The molecule has 3 rings (SSSR count). The van der Waals surface area contributed by atoms with E-state index in [-0.39, 0.29) is 29.5 Å². The number of likely N-dealkylation sites (N-methyl/N-ethyl adjacent to an activating group) is 1. The van der Waals surface area contributed by atoms with Gasteiger partial charge < -0.3 is 15.3 Å². The first-order valence-corrected chi connectivity index (χ1v) is 10.2. The van der Waals surface area contributed by atoms with Crippen molar-refractivity contribution in [3.63, 3.8) is 0 Å². The number of nitrogens with one attached hydrogen (secondary N) is 1. The molecular formula is C21H29N5O4. The maximum atomic E-state index is 13.2. The average Bonchev–Trinajstić information content (AvgIpc) is 3.38. The Balaban J connectivity index is 2.12. The normalized spacial score (nSPS) is 14.2. The Labute approximate surface area is 175 Å². The number of fused-ring (bicyclic) bond motifs is 1. The lowest BCUT2D eigenvalue weighted by Crippen LogP contribution is -2.36. The molecule has 0 unspecified atom stereocenters. The lowest BCUT2D eigenvalue weighted by Gasteiger charge is -2.19. The lowest BCUT2D eigenvalue weighted by molar-refractivity contribution is -0.126. The van der Waals surface area contributed by atoms with E-state index in [1.54, 1.807) is 18.0 Å². The molecule has 1 aliphatic carbocycles. The summed E-state index contributed by atoms with van der Waals surface area (Å²) in [5.74, 6) is -1.18. The van der Waals surface area contributed by atoms with E-state index in [1.165, 1.54) is 21.4 Å². The Hall–Kier alpha value is -3.10. The third kappa shape index (κ3) is 4.24. The van der Waals surface area contributed by atoms with Crippen LogP contribution in [0.1, 0.15) is 56.5 Å². The van der Waals surface area contributed by atoms with Crippen molar-refractivity contribution < 1.29 is 14.7 Å². The molecule has 162 valence electrons. The minimum absolute atomic E-state index is 0.0433. The van der Waals surface area contributed by atoms with Gasteiger partial charge in [-0.05, 0) is 38.7 Å². The van der Waals surface area contributed by atoms with Crippen molar-refractivity contribution in [3.8, 4) is 5.88 Å². The quantitative estimate of drug-likeness (QED) is 0.668. The number of hydrogen-bond donors (Lipinski definition) is 2. The molecule has 9 heteroatoms. The smallest absolute Gasteiger partial charge is 0.270 e. The fourth-order valence-corrected chi connectivity index (χ4v) is 3.08. The van der Waals surface area contributed by atoms with Gasteiger partial charge in [0.15, 0.2) is 5.56 Å². The van der Waals surface area contributed by atoms with Gasteiger partial charge in [-0.25, -0.2) is 0 Å². The van der Waals surface area contributed by atoms with E-state index >= 15 is 0 Å². The Kier molecular flexibility index (Phi) is 6.00. The van der Waals surface area contributed by atoms with Crippen LogP contribution in [0.5, 0.6) is 5.88 Å². The summed E-state index contributed by atoms with van der Waals surface area (Å²) < 4.78 is 2.62. The summed E-state index contributed by atoms with van der Waals surface area (Å²) in [6, 6.07) is 0.0902. The van der Waals surface area contributed by atoms with Gasteiger partial charge in [0.05, 0.1) is 6.20 Å². The molecule has 1 aliphatic rings. The van der Waals surface area contributed by atoms with E-state index in [9.17, 15) is 19.5 Å². The Morgan fingerprint density at radius 1 is 1.33 bits per heavy atom. The molecule has 0 aliphatic heterocycles. The molecule has 2 heterocycles. The van der Waals surface area contributed by atoms with Crippen LogP contribution in [0.4, 0.5) is 0 Å². The highest BCUT2D eigenvalue weighted by Gasteiger charge is 2.29. The molecule has 2 N–H and O–H groups in total. The van der Waals surface area contributed by atoms with Crippen molar-refractivity contribution in [1.82, 2.24) is 24.4 Å². The maximum Gasteiger partial charge on any atom is 0.270 e. The van der Waals surface area contributed by atoms with Crippen LogP contribution in [-0.2, 0) is 11.3 Å². The number of rotatable bonds is 7. The highest BCUT2D eigenvalue weighted by Crippen LogP contribution is 2.23.